The number of carbonyl (C=O) groups excluding carboxylic acids is 1. The zero-order valence-corrected chi connectivity index (χ0v) is 10.6. The van der Waals surface area contributed by atoms with Gasteiger partial charge < -0.3 is 16.4 Å². The van der Waals surface area contributed by atoms with Gasteiger partial charge in [-0.1, -0.05) is 13.8 Å². The van der Waals surface area contributed by atoms with Gasteiger partial charge in [-0.2, -0.15) is 5.26 Å². The maximum Gasteiger partial charge on any atom is 0.236 e. The third-order valence-electron chi connectivity index (χ3n) is 2.32. The third-order valence-corrected chi connectivity index (χ3v) is 2.32. The summed E-state index contributed by atoms with van der Waals surface area (Å²) in [6.45, 7) is 4.65. The topological polar surface area (TPSA) is 109 Å². The monoisotopic (exact) mass is 247 g/mol. The largest absolute Gasteiger partial charge is 0.395 e. The maximum absolute atomic E-state index is 11.1. The standard InChI is InChI=1S/C12H17N5O/c1-8(2)6-17(7-10(14)18)12-11(15)9(5-13)3-4-16-12/h3-4,8H,6-7,15H2,1-2H3,(H2,14,18). The molecule has 6 heteroatoms. The molecule has 1 aromatic heterocycles. The number of nitrogen functional groups attached to an aromatic ring is 1. The van der Waals surface area contributed by atoms with Crippen molar-refractivity contribution in [1.82, 2.24) is 4.98 Å². The predicted octanol–water partition coefficient (Wildman–Crippen LogP) is 0.483. The van der Waals surface area contributed by atoms with Crippen molar-refractivity contribution in [3.05, 3.63) is 17.8 Å². The number of nitriles is 1. The van der Waals surface area contributed by atoms with E-state index >= 15 is 0 Å². The van der Waals surface area contributed by atoms with Gasteiger partial charge in [0.2, 0.25) is 5.91 Å². The summed E-state index contributed by atoms with van der Waals surface area (Å²) in [5, 5.41) is 8.92. The summed E-state index contributed by atoms with van der Waals surface area (Å²) in [7, 11) is 0. The van der Waals surface area contributed by atoms with Crippen LogP contribution in [0.4, 0.5) is 11.5 Å². The molecule has 0 fully saturated rings. The van der Waals surface area contributed by atoms with Crippen LogP contribution in [0.15, 0.2) is 12.3 Å². The lowest BCUT2D eigenvalue weighted by Crippen LogP contribution is -2.37. The Kier molecular flexibility index (Phi) is 4.49. The summed E-state index contributed by atoms with van der Waals surface area (Å²) in [5.74, 6) is 0.289. The SMILES string of the molecule is CC(C)CN(CC(N)=O)c1nccc(C#N)c1N. The second-order valence-corrected chi connectivity index (χ2v) is 4.45. The molecule has 0 atom stereocenters. The van der Waals surface area contributed by atoms with Crippen LogP contribution in [0.1, 0.15) is 19.4 Å². The van der Waals surface area contributed by atoms with Crippen LogP contribution in [-0.4, -0.2) is 24.0 Å². The average Bonchev–Trinajstić information content (AvgIpc) is 2.27. The van der Waals surface area contributed by atoms with Crippen molar-refractivity contribution in [2.45, 2.75) is 13.8 Å². The fraction of sp³-hybridized carbons (Fsp3) is 0.417. The Bertz CT molecular complexity index is 478. The van der Waals surface area contributed by atoms with Gasteiger partial charge in [0.1, 0.15) is 6.07 Å². The first-order valence-corrected chi connectivity index (χ1v) is 5.63. The number of pyridine rings is 1. The van der Waals surface area contributed by atoms with E-state index in [4.69, 9.17) is 16.7 Å². The van der Waals surface area contributed by atoms with Crippen LogP contribution >= 0.6 is 0 Å². The second kappa shape index (κ2) is 5.87. The number of hydrogen-bond donors (Lipinski definition) is 2. The first kappa shape index (κ1) is 13.8. The van der Waals surface area contributed by atoms with Gasteiger partial charge in [-0.15, -0.1) is 0 Å². The molecule has 0 aliphatic heterocycles. The number of anilines is 2. The molecule has 1 aromatic rings. The molecule has 0 radical (unpaired) electrons. The molecule has 1 amide bonds. The fourth-order valence-corrected chi connectivity index (χ4v) is 1.67. The van der Waals surface area contributed by atoms with Gasteiger partial charge in [-0.05, 0) is 12.0 Å². The molecule has 0 spiro atoms. The Labute approximate surface area is 106 Å². The molecule has 0 saturated heterocycles. The van der Waals surface area contributed by atoms with Crippen LogP contribution in [0.2, 0.25) is 0 Å². The Morgan fingerprint density at radius 2 is 2.28 bits per heavy atom. The molecule has 1 rings (SSSR count). The van der Waals surface area contributed by atoms with Crippen LogP contribution in [-0.2, 0) is 4.79 Å². The Hall–Kier alpha value is -2.29. The number of rotatable bonds is 5. The molecule has 6 nitrogen and oxygen atoms in total. The summed E-state index contributed by atoms with van der Waals surface area (Å²) in [6, 6.07) is 3.53. The number of aromatic nitrogens is 1. The summed E-state index contributed by atoms with van der Waals surface area (Å²) < 4.78 is 0. The van der Waals surface area contributed by atoms with Crippen molar-refractivity contribution in [3.8, 4) is 6.07 Å². The minimum atomic E-state index is -0.459. The van der Waals surface area contributed by atoms with Gasteiger partial charge in [-0.3, -0.25) is 4.79 Å². The van der Waals surface area contributed by atoms with E-state index in [0.29, 0.717) is 23.8 Å². The highest BCUT2D eigenvalue weighted by molar-refractivity contribution is 5.81. The van der Waals surface area contributed by atoms with E-state index in [0.717, 1.165) is 0 Å². The molecule has 0 saturated carbocycles. The lowest BCUT2D eigenvalue weighted by Gasteiger charge is -2.25. The number of carbonyl (C=O) groups is 1. The predicted molar refractivity (Wildman–Crippen MR) is 69.6 cm³/mol. The second-order valence-electron chi connectivity index (χ2n) is 4.45. The first-order valence-electron chi connectivity index (χ1n) is 5.63. The van der Waals surface area contributed by atoms with Crippen LogP contribution in [0.25, 0.3) is 0 Å². The molecule has 18 heavy (non-hydrogen) atoms. The summed E-state index contributed by atoms with van der Waals surface area (Å²) >= 11 is 0. The molecular formula is C12H17N5O. The number of nitrogens with two attached hydrogens (primary N) is 2. The minimum Gasteiger partial charge on any atom is -0.395 e. The molecule has 0 bridgehead atoms. The summed E-state index contributed by atoms with van der Waals surface area (Å²) in [4.78, 5) is 16.9. The highest BCUT2D eigenvalue weighted by Crippen LogP contribution is 2.23. The molecule has 0 aromatic carbocycles. The smallest absolute Gasteiger partial charge is 0.236 e. The van der Waals surface area contributed by atoms with E-state index in [-0.39, 0.29) is 12.2 Å². The van der Waals surface area contributed by atoms with Crippen molar-refractivity contribution in [3.63, 3.8) is 0 Å². The van der Waals surface area contributed by atoms with Crippen LogP contribution < -0.4 is 16.4 Å². The molecular weight excluding hydrogens is 230 g/mol. The van der Waals surface area contributed by atoms with Gasteiger partial charge in [0.15, 0.2) is 5.82 Å². The van der Waals surface area contributed by atoms with Crippen molar-refractivity contribution in [2.75, 3.05) is 23.7 Å². The maximum atomic E-state index is 11.1. The van der Waals surface area contributed by atoms with Crippen LogP contribution in [0, 0.1) is 17.2 Å². The molecule has 0 aliphatic carbocycles. The lowest BCUT2D eigenvalue weighted by molar-refractivity contribution is -0.116. The average molecular weight is 247 g/mol. The molecule has 1 heterocycles. The van der Waals surface area contributed by atoms with Gasteiger partial charge >= 0.3 is 0 Å². The quantitative estimate of drug-likeness (QED) is 0.786. The van der Waals surface area contributed by atoms with Gasteiger partial charge in [0, 0.05) is 12.7 Å². The summed E-state index contributed by atoms with van der Waals surface area (Å²) in [5.41, 5.74) is 11.7. The zero-order valence-electron chi connectivity index (χ0n) is 10.6. The fourth-order valence-electron chi connectivity index (χ4n) is 1.67. The Morgan fingerprint density at radius 3 is 2.78 bits per heavy atom. The highest BCUT2D eigenvalue weighted by atomic mass is 16.1. The van der Waals surface area contributed by atoms with E-state index in [9.17, 15) is 4.79 Å². The minimum absolute atomic E-state index is 0.0320. The van der Waals surface area contributed by atoms with Crippen LogP contribution in [0.3, 0.4) is 0 Å². The first-order chi connectivity index (χ1) is 8.45. The molecule has 4 N–H and O–H groups in total. The number of primary amides is 1. The van der Waals surface area contributed by atoms with E-state index in [1.165, 1.54) is 12.3 Å². The number of nitrogens with zero attached hydrogens (tertiary/aromatic N) is 3. The van der Waals surface area contributed by atoms with Crippen molar-refractivity contribution in [2.24, 2.45) is 11.7 Å². The van der Waals surface area contributed by atoms with E-state index in [1.54, 1.807) is 4.90 Å². The van der Waals surface area contributed by atoms with Crippen LogP contribution in [0.5, 0.6) is 0 Å². The number of amides is 1. The third kappa shape index (κ3) is 3.35. The normalized spacial score (nSPS) is 10.1. The van der Waals surface area contributed by atoms with E-state index in [2.05, 4.69) is 4.98 Å². The molecule has 96 valence electrons. The van der Waals surface area contributed by atoms with Crippen molar-refractivity contribution >= 4 is 17.4 Å². The molecule has 0 unspecified atom stereocenters. The van der Waals surface area contributed by atoms with Gasteiger partial charge in [0.05, 0.1) is 17.8 Å². The van der Waals surface area contributed by atoms with E-state index in [1.807, 2.05) is 19.9 Å². The van der Waals surface area contributed by atoms with Crippen molar-refractivity contribution in [1.29, 1.82) is 5.26 Å². The van der Waals surface area contributed by atoms with Crippen molar-refractivity contribution < 1.29 is 4.79 Å². The molecule has 0 aliphatic rings. The summed E-state index contributed by atoms with van der Waals surface area (Å²) in [6.07, 6.45) is 1.50. The van der Waals surface area contributed by atoms with Gasteiger partial charge in [-0.25, -0.2) is 4.98 Å². The zero-order chi connectivity index (χ0) is 13.7. The Balaban J connectivity index is 3.12. The highest BCUT2D eigenvalue weighted by Gasteiger charge is 2.17. The van der Waals surface area contributed by atoms with Gasteiger partial charge in [0.25, 0.3) is 0 Å². The van der Waals surface area contributed by atoms with E-state index < -0.39 is 5.91 Å². The number of hydrogen-bond acceptors (Lipinski definition) is 5. The lowest BCUT2D eigenvalue weighted by atomic mass is 10.2. The Morgan fingerprint density at radius 1 is 1.61 bits per heavy atom.